The number of alkyl halides is 2. The Labute approximate surface area is 167 Å². The standard InChI is InChI=1S/C21H23F2NO5/c1-2-24(20(28)29-14-16-11-7-4-8-12-16)17(13-15-9-5-3-6-10-15)18(25)21(22,23)19(26)27/h3-12,17-18,25H,2,13-14H2,1H3,(H,26,27)/t17-,18+/m0/s1. The lowest BCUT2D eigenvalue weighted by Gasteiger charge is -2.35. The number of nitrogens with zero attached hydrogens (tertiary/aromatic N) is 1. The van der Waals surface area contributed by atoms with E-state index in [1.54, 1.807) is 60.7 Å². The first-order valence-electron chi connectivity index (χ1n) is 9.07. The van der Waals surface area contributed by atoms with Crippen LogP contribution in [0, 0.1) is 0 Å². The molecule has 0 unspecified atom stereocenters. The Balaban J connectivity index is 2.25. The molecule has 2 atom stereocenters. The van der Waals surface area contributed by atoms with Crippen LogP contribution in [0.1, 0.15) is 18.1 Å². The number of amides is 1. The van der Waals surface area contributed by atoms with Crippen LogP contribution in [0.4, 0.5) is 13.6 Å². The van der Waals surface area contributed by atoms with Gasteiger partial charge in [0.05, 0.1) is 6.04 Å². The monoisotopic (exact) mass is 407 g/mol. The van der Waals surface area contributed by atoms with Gasteiger partial charge in [-0.05, 0) is 24.5 Å². The van der Waals surface area contributed by atoms with Gasteiger partial charge in [0.15, 0.2) is 0 Å². The van der Waals surface area contributed by atoms with Crippen LogP contribution in [0.15, 0.2) is 60.7 Å². The Bertz CT molecular complexity index is 801. The van der Waals surface area contributed by atoms with Gasteiger partial charge in [-0.25, -0.2) is 9.59 Å². The van der Waals surface area contributed by atoms with Gasteiger partial charge in [0.25, 0.3) is 0 Å². The normalized spacial score (nSPS) is 13.4. The minimum Gasteiger partial charge on any atom is -0.477 e. The van der Waals surface area contributed by atoms with Crippen LogP contribution in [0.5, 0.6) is 0 Å². The van der Waals surface area contributed by atoms with Crippen molar-refractivity contribution in [2.75, 3.05) is 6.54 Å². The number of carboxylic acid groups (broad SMARTS) is 1. The van der Waals surface area contributed by atoms with Gasteiger partial charge in [-0.1, -0.05) is 60.7 Å². The number of aliphatic hydroxyl groups excluding tert-OH is 1. The van der Waals surface area contributed by atoms with Gasteiger partial charge >= 0.3 is 18.0 Å². The van der Waals surface area contributed by atoms with E-state index in [2.05, 4.69) is 0 Å². The maximum atomic E-state index is 14.1. The lowest BCUT2D eigenvalue weighted by atomic mass is 9.95. The van der Waals surface area contributed by atoms with Gasteiger partial charge in [-0.15, -0.1) is 0 Å². The molecule has 0 bridgehead atoms. The summed E-state index contributed by atoms with van der Waals surface area (Å²) in [5, 5.41) is 19.1. The first kappa shape index (κ1) is 22.3. The summed E-state index contributed by atoms with van der Waals surface area (Å²) in [6, 6.07) is 15.6. The van der Waals surface area contributed by atoms with Gasteiger partial charge in [0.1, 0.15) is 12.7 Å². The molecule has 29 heavy (non-hydrogen) atoms. The van der Waals surface area contributed by atoms with Crippen molar-refractivity contribution in [3.63, 3.8) is 0 Å². The highest BCUT2D eigenvalue weighted by atomic mass is 19.3. The van der Waals surface area contributed by atoms with E-state index in [9.17, 15) is 23.5 Å². The molecule has 0 fully saturated rings. The Hall–Kier alpha value is -3.00. The quantitative estimate of drug-likeness (QED) is 0.666. The fourth-order valence-corrected chi connectivity index (χ4v) is 2.92. The van der Waals surface area contributed by atoms with Crippen molar-refractivity contribution in [1.29, 1.82) is 0 Å². The first-order chi connectivity index (χ1) is 13.8. The fraction of sp³-hybridized carbons (Fsp3) is 0.333. The Kier molecular flexibility index (Phi) is 7.67. The lowest BCUT2D eigenvalue weighted by Crippen LogP contribution is -2.57. The van der Waals surface area contributed by atoms with Gasteiger partial charge in [0.2, 0.25) is 0 Å². The van der Waals surface area contributed by atoms with E-state index < -0.39 is 30.1 Å². The van der Waals surface area contributed by atoms with Gasteiger partial charge in [-0.3, -0.25) is 0 Å². The number of aliphatic hydroxyl groups is 1. The van der Waals surface area contributed by atoms with Crippen LogP contribution in [0.2, 0.25) is 0 Å². The van der Waals surface area contributed by atoms with E-state index in [4.69, 9.17) is 9.84 Å². The molecule has 0 radical (unpaired) electrons. The summed E-state index contributed by atoms with van der Waals surface area (Å²) in [5.41, 5.74) is 1.26. The predicted octanol–water partition coefficient (Wildman–Crippen LogP) is 3.34. The zero-order chi connectivity index (χ0) is 21.4. The highest BCUT2D eigenvalue weighted by molar-refractivity contribution is 5.76. The van der Waals surface area contributed by atoms with Crippen molar-refractivity contribution in [2.24, 2.45) is 0 Å². The average molecular weight is 407 g/mol. The summed E-state index contributed by atoms with van der Waals surface area (Å²) in [7, 11) is 0. The summed E-state index contributed by atoms with van der Waals surface area (Å²) in [5.74, 6) is -6.90. The van der Waals surface area contributed by atoms with E-state index in [0.717, 1.165) is 4.90 Å². The average Bonchev–Trinajstić information content (AvgIpc) is 2.72. The van der Waals surface area contributed by atoms with Crippen molar-refractivity contribution in [3.8, 4) is 0 Å². The van der Waals surface area contributed by atoms with E-state index in [0.29, 0.717) is 11.1 Å². The first-order valence-corrected chi connectivity index (χ1v) is 9.07. The molecule has 6 nitrogen and oxygen atoms in total. The zero-order valence-corrected chi connectivity index (χ0v) is 15.9. The number of carbonyl (C=O) groups is 2. The molecule has 2 aromatic carbocycles. The number of halogens is 2. The third kappa shape index (κ3) is 5.74. The molecular weight excluding hydrogens is 384 g/mol. The van der Waals surface area contributed by atoms with Crippen molar-refractivity contribution >= 4 is 12.1 Å². The van der Waals surface area contributed by atoms with Crippen LogP contribution < -0.4 is 0 Å². The molecule has 2 aromatic rings. The SMILES string of the molecule is CCN(C(=O)OCc1ccccc1)[C@@H](Cc1ccccc1)[C@@H](O)C(F)(F)C(=O)O. The molecule has 0 saturated heterocycles. The molecule has 0 heterocycles. The predicted molar refractivity (Wildman–Crippen MR) is 102 cm³/mol. The maximum absolute atomic E-state index is 14.1. The zero-order valence-electron chi connectivity index (χ0n) is 15.9. The second kappa shape index (κ2) is 9.97. The molecular formula is C21H23F2NO5. The molecule has 0 spiro atoms. The molecule has 156 valence electrons. The third-order valence-corrected chi connectivity index (χ3v) is 4.49. The second-order valence-electron chi connectivity index (χ2n) is 6.46. The minimum absolute atomic E-state index is 0.0577. The smallest absolute Gasteiger partial charge is 0.410 e. The van der Waals surface area contributed by atoms with Gasteiger partial charge < -0.3 is 19.8 Å². The molecule has 0 aliphatic heterocycles. The molecule has 0 aromatic heterocycles. The minimum atomic E-state index is -4.44. The van der Waals surface area contributed by atoms with E-state index >= 15 is 0 Å². The summed E-state index contributed by atoms with van der Waals surface area (Å²) in [6.45, 7) is 1.39. The fourth-order valence-electron chi connectivity index (χ4n) is 2.92. The highest BCUT2D eigenvalue weighted by Gasteiger charge is 2.52. The molecule has 0 aliphatic carbocycles. The molecule has 0 aliphatic rings. The molecule has 1 amide bonds. The molecule has 2 N–H and O–H groups in total. The number of carbonyl (C=O) groups excluding carboxylic acids is 1. The summed E-state index contributed by atoms with van der Waals surface area (Å²) < 4.78 is 33.4. The number of hydrogen-bond acceptors (Lipinski definition) is 4. The number of benzene rings is 2. The molecule has 8 heteroatoms. The summed E-state index contributed by atoms with van der Waals surface area (Å²) >= 11 is 0. The Morgan fingerprint density at radius 2 is 1.55 bits per heavy atom. The number of rotatable bonds is 9. The van der Waals surface area contributed by atoms with Crippen LogP contribution >= 0.6 is 0 Å². The number of likely N-dealkylation sites (N-methyl/N-ethyl adjacent to an activating group) is 1. The third-order valence-electron chi connectivity index (χ3n) is 4.49. The van der Waals surface area contributed by atoms with Crippen LogP contribution in [0.25, 0.3) is 0 Å². The van der Waals surface area contributed by atoms with E-state index in [-0.39, 0.29) is 19.6 Å². The lowest BCUT2D eigenvalue weighted by molar-refractivity contribution is -0.188. The summed E-state index contributed by atoms with van der Waals surface area (Å²) in [6.07, 6.45) is -3.71. The largest absolute Gasteiger partial charge is 0.477 e. The Morgan fingerprint density at radius 1 is 1.03 bits per heavy atom. The van der Waals surface area contributed by atoms with Gasteiger partial charge in [0, 0.05) is 6.54 Å². The van der Waals surface area contributed by atoms with E-state index in [1.807, 2.05) is 0 Å². The number of hydrogen-bond donors (Lipinski definition) is 2. The van der Waals surface area contributed by atoms with Crippen LogP contribution in [-0.4, -0.2) is 51.8 Å². The number of carboxylic acids is 1. The van der Waals surface area contributed by atoms with Crippen molar-refractivity contribution < 1.29 is 33.3 Å². The second-order valence-corrected chi connectivity index (χ2v) is 6.46. The van der Waals surface area contributed by atoms with Crippen molar-refractivity contribution in [2.45, 2.75) is 38.0 Å². The number of ether oxygens (including phenoxy) is 1. The molecule has 0 saturated carbocycles. The van der Waals surface area contributed by atoms with Gasteiger partial charge in [-0.2, -0.15) is 8.78 Å². The number of aliphatic carboxylic acids is 1. The Morgan fingerprint density at radius 3 is 2.03 bits per heavy atom. The van der Waals surface area contributed by atoms with Crippen molar-refractivity contribution in [3.05, 3.63) is 71.8 Å². The van der Waals surface area contributed by atoms with Crippen molar-refractivity contribution in [1.82, 2.24) is 4.90 Å². The topological polar surface area (TPSA) is 87.1 Å². The van der Waals surface area contributed by atoms with Crippen LogP contribution in [-0.2, 0) is 22.6 Å². The molecule has 2 rings (SSSR count). The highest BCUT2D eigenvalue weighted by Crippen LogP contribution is 2.27. The van der Waals surface area contributed by atoms with Crippen LogP contribution in [0.3, 0.4) is 0 Å². The summed E-state index contributed by atoms with van der Waals surface area (Å²) in [4.78, 5) is 24.5. The van der Waals surface area contributed by atoms with E-state index in [1.165, 1.54) is 6.92 Å². The maximum Gasteiger partial charge on any atom is 0.410 e.